The Bertz CT molecular complexity index is 425. The number of fused-ring (bicyclic) bond motifs is 1. The predicted octanol–water partition coefficient (Wildman–Crippen LogP) is 0.324. The second kappa shape index (κ2) is 5.14. The fourth-order valence-corrected chi connectivity index (χ4v) is 2.60. The summed E-state index contributed by atoms with van der Waals surface area (Å²) < 4.78 is 0. The molecule has 0 saturated carbocycles. The molecule has 0 amide bonds. The molecule has 0 aromatic heterocycles. The summed E-state index contributed by atoms with van der Waals surface area (Å²) in [5.41, 5.74) is 2.41. The molecule has 2 N–H and O–H groups in total. The van der Waals surface area contributed by atoms with Crippen molar-refractivity contribution in [2.75, 3.05) is 37.7 Å². The average molecular weight is 250 g/mol. The summed E-state index contributed by atoms with van der Waals surface area (Å²) in [7, 11) is 0. The summed E-state index contributed by atoms with van der Waals surface area (Å²) in [5.74, 6) is 0.817. The van der Waals surface area contributed by atoms with Crippen LogP contribution in [0.1, 0.15) is 5.56 Å². The number of rotatable bonds is 2. The average Bonchev–Trinajstić information content (AvgIpc) is 2.47. The van der Waals surface area contributed by atoms with E-state index in [9.17, 15) is 5.11 Å². The SMILES string of the molecule is OCC1CN(c2cccc3c2CCOO3)CCN1. The molecule has 98 valence electrons. The molecule has 1 fully saturated rings. The van der Waals surface area contributed by atoms with Crippen molar-refractivity contribution in [3.05, 3.63) is 23.8 Å². The zero-order chi connectivity index (χ0) is 12.4. The first kappa shape index (κ1) is 11.8. The van der Waals surface area contributed by atoms with Gasteiger partial charge in [0.25, 0.3) is 0 Å². The lowest BCUT2D eigenvalue weighted by Gasteiger charge is -2.36. The molecule has 1 aromatic rings. The van der Waals surface area contributed by atoms with Crippen molar-refractivity contribution < 1.29 is 14.9 Å². The van der Waals surface area contributed by atoms with Crippen LogP contribution >= 0.6 is 0 Å². The number of nitrogens with zero attached hydrogens (tertiary/aromatic N) is 1. The van der Waals surface area contributed by atoms with Crippen LogP contribution in [-0.2, 0) is 11.3 Å². The minimum absolute atomic E-state index is 0.148. The van der Waals surface area contributed by atoms with E-state index in [4.69, 9.17) is 9.78 Å². The lowest BCUT2D eigenvalue weighted by Crippen LogP contribution is -2.52. The van der Waals surface area contributed by atoms with Crippen LogP contribution in [0.25, 0.3) is 0 Å². The third-order valence-electron chi connectivity index (χ3n) is 3.51. The molecule has 5 heteroatoms. The van der Waals surface area contributed by atoms with E-state index in [0.717, 1.165) is 31.8 Å². The molecule has 0 bridgehead atoms. The number of benzene rings is 1. The van der Waals surface area contributed by atoms with E-state index in [1.54, 1.807) is 0 Å². The van der Waals surface area contributed by atoms with Crippen molar-refractivity contribution in [2.24, 2.45) is 0 Å². The lowest BCUT2D eigenvalue weighted by molar-refractivity contribution is -0.215. The van der Waals surface area contributed by atoms with E-state index in [0.29, 0.717) is 6.61 Å². The molecular weight excluding hydrogens is 232 g/mol. The highest BCUT2D eigenvalue weighted by Gasteiger charge is 2.23. The van der Waals surface area contributed by atoms with Crippen LogP contribution in [-0.4, -0.2) is 44.0 Å². The first-order valence-corrected chi connectivity index (χ1v) is 6.39. The third kappa shape index (κ3) is 2.16. The van der Waals surface area contributed by atoms with Gasteiger partial charge in [0.1, 0.15) is 0 Å². The number of piperazine rings is 1. The van der Waals surface area contributed by atoms with E-state index in [1.807, 2.05) is 12.1 Å². The molecule has 2 heterocycles. The molecule has 5 nitrogen and oxygen atoms in total. The van der Waals surface area contributed by atoms with E-state index in [-0.39, 0.29) is 12.6 Å². The van der Waals surface area contributed by atoms with Gasteiger partial charge in [-0.1, -0.05) is 6.07 Å². The van der Waals surface area contributed by atoms with Gasteiger partial charge in [-0.2, -0.15) is 4.89 Å². The van der Waals surface area contributed by atoms with Gasteiger partial charge in [-0.15, -0.1) is 0 Å². The monoisotopic (exact) mass is 250 g/mol. The summed E-state index contributed by atoms with van der Waals surface area (Å²) in [6, 6.07) is 6.19. The minimum atomic E-state index is 0.148. The topological polar surface area (TPSA) is 54.0 Å². The van der Waals surface area contributed by atoms with Crippen molar-refractivity contribution in [1.29, 1.82) is 0 Å². The quantitative estimate of drug-likeness (QED) is 0.741. The summed E-state index contributed by atoms with van der Waals surface area (Å²) in [6.45, 7) is 3.44. The van der Waals surface area contributed by atoms with Crippen LogP contribution in [0.3, 0.4) is 0 Å². The van der Waals surface area contributed by atoms with E-state index in [1.165, 1.54) is 11.3 Å². The van der Waals surface area contributed by atoms with Crippen molar-refractivity contribution in [1.82, 2.24) is 5.32 Å². The largest absolute Gasteiger partial charge is 0.395 e. The van der Waals surface area contributed by atoms with Gasteiger partial charge >= 0.3 is 0 Å². The molecule has 0 radical (unpaired) electrons. The molecule has 2 aliphatic heterocycles. The summed E-state index contributed by atoms with van der Waals surface area (Å²) in [6.07, 6.45) is 0.874. The Kier molecular flexibility index (Phi) is 3.36. The minimum Gasteiger partial charge on any atom is -0.395 e. The van der Waals surface area contributed by atoms with Gasteiger partial charge in [-0.05, 0) is 12.1 Å². The molecule has 1 unspecified atom stereocenters. The maximum Gasteiger partial charge on any atom is 0.170 e. The van der Waals surface area contributed by atoms with Crippen LogP contribution in [0.4, 0.5) is 5.69 Å². The fraction of sp³-hybridized carbons (Fsp3) is 0.538. The van der Waals surface area contributed by atoms with Crippen molar-refractivity contribution in [3.8, 4) is 5.75 Å². The Labute approximate surface area is 106 Å². The number of hydrogen-bond acceptors (Lipinski definition) is 5. The Morgan fingerprint density at radius 3 is 3.28 bits per heavy atom. The first-order chi connectivity index (χ1) is 8.88. The van der Waals surface area contributed by atoms with Crippen molar-refractivity contribution in [2.45, 2.75) is 12.5 Å². The molecule has 2 aliphatic rings. The highest BCUT2D eigenvalue weighted by atomic mass is 17.2. The number of nitrogens with one attached hydrogen (secondary N) is 1. The zero-order valence-electron chi connectivity index (χ0n) is 10.3. The highest BCUT2D eigenvalue weighted by molar-refractivity contribution is 5.60. The van der Waals surface area contributed by atoms with Gasteiger partial charge in [0, 0.05) is 43.3 Å². The van der Waals surface area contributed by atoms with Crippen LogP contribution in [0, 0.1) is 0 Å². The molecule has 0 aliphatic carbocycles. The van der Waals surface area contributed by atoms with Gasteiger partial charge in [-0.3, -0.25) is 0 Å². The zero-order valence-corrected chi connectivity index (χ0v) is 10.3. The Hall–Kier alpha value is -1.30. The van der Waals surface area contributed by atoms with E-state index >= 15 is 0 Å². The molecule has 0 spiro atoms. The number of hydrogen-bond donors (Lipinski definition) is 2. The number of aliphatic hydroxyl groups is 1. The molecule has 3 rings (SSSR count). The highest BCUT2D eigenvalue weighted by Crippen LogP contribution is 2.32. The van der Waals surface area contributed by atoms with Gasteiger partial charge < -0.3 is 20.2 Å². The second-order valence-corrected chi connectivity index (χ2v) is 4.69. The van der Waals surface area contributed by atoms with Crippen LogP contribution in [0.5, 0.6) is 5.75 Å². The number of anilines is 1. The van der Waals surface area contributed by atoms with Gasteiger partial charge in [-0.25, -0.2) is 0 Å². The smallest absolute Gasteiger partial charge is 0.170 e. The van der Waals surface area contributed by atoms with E-state index in [2.05, 4.69) is 16.3 Å². The maximum absolute atomic E-state index is 9.26. The van der Waals surface area contributed by atoms with Crippen molar-refractivity contribution in [3.63, 3.8) is 0 Å². The fourth-order valence-electron chi connectivity index (χ4n) is 2.60. The predicted molar refractivity (Wildman–Crippen MR) is 67.8 cm³/mol. The second-order valence-electron chi connectivity index (χ2n) is 4.69. The Morgan fingerprint density at radius 1 is 1.44 bits per heavy atom. The first-order valence-electron chi connectivity index (χ1n) is 6.39. The van der Waals surface area contributed by atoms with Gasteiger partial charge in [0.15, 0.2) is 5.75 Å². The third-order valence-corrected chi connectivity index (χ3v) is 3.51. The summed E-state index contributed by atoms with van der Waals surface area (Å²) in [5, 5.41) is 12.6. The molecule has 1 saturated heterocycles. The van der Waals surface area contributed by atoms with Crippen LogP contribution < -0.4 is 15.1 Å². The Balaban J connectivity index is 1.87. The van der Waals surface area contributed by atoms with E-state index < -0.39 is 0 Å². The van der Waals surface area contributed by atoms with Gasteiger partial charge in [0.2, 0.25) is 0 Å². The summed E-state index contributed by atoms with van der Waals surface area (Å²) in [4.78, 5) is 12.5. The molecule has 18 heavy (non-hydrogen) atoms. The Morgan fingerprint density at radius 2 is 2.39 bits per heavy atom. The van der Waals surface area contributed by atoms with Crippen LogP contribution in [0.2, 0.25) is 0 Å². The lowest BCUT2D eigenvalue weighted by atomic mass is 10.1. The summed E-state index contributed by atoms with van der Waals surface area (Å²) >= 11 is 0. The van der Waals surface area contributed by atoms with Crippen LogP contribution in [0.15, 0.2) is 18.2 Å². The molecule has 1 atom stereocenters. The normalized spacial score (nSPS) is 23.4. The molecular formula is C13H18N2O3. The van der Waals surface area contributed by atoms with Crippen molar-refractivity contribution >= 4 is 5.69 Å². The maximum atomic E-state index is 9.26. The van der Waals surface area contributed by atoms with Gasteiger partial charge in [0.05, 0.1) is 13.2 Å². The molecule has 1 aromatic carbocycles. The number of aliphatic hydroxyl groups excluding tert-OH is 1. The standard InChI is InChI=1S/C13H18N2O3/c16-9-10-8-15(6-5-14-10)12-2-1-3-13-11(12)4-7-17-18-13/h1-3,10,14,16H,4-9H2.